The van der Waals surface area contributed by atoms with Gasteiger partial charge in [-0.15, -0.1) is 0 Å². The highest BCUT2D eigenvalue weighted by molar-refractivity contribution is 5.64. The molecule has 0 saturated heterocycles. The van der Waals surface area contributed by atoms with Gasteiger partial charge in [-0.05, 0) is 44.9 Å². The number of aromatic nitrogens is 3. The minimum absolute atomic E-state index is 0.336. The Morgan fingerprint density at radius 2 is 2.24 bits per heavy atom. The number of aryl methyl sites for hydroxylation is 1. The predicted molar refractivity (Wildman–Crippen MR) is 77.7 cm³/mol. The molecule has 0 fully saturated rings. The van der Waals surface area contributed by atoms with Crippen molar-refractivity contribution in [3.63, 3.8) is 0 Å². The molecule has 6 heteroatoms. The molecule has 2 aromatic rings. The third-order valence-corrected chi connectivity index (χ3v) is 3.61. The Kier molecular flexibility index (Phi) is 3.51. The van der Waals surface area contributed by atoms with Crippen LogP contribution in [0.3, 0.4) is 0 Å². The Bertz CT molecular complexity index is 658. The summed E-state index contributed by atoms with van der Waals surface area (Å²) in [5.41, 5.74) is 3.45. The first-order valence-corrected chi connectivity index (χ1v) is 7.17. The molecule has 3 rings (SSSR count). The van der Waals surface area contributed by atoms with Gasteiger partial charge in [-0.3, -0.25) is 4.98 Å². The molecule has 0 aromatic carbocycles. The first-order chi connectivity index (χ1) is 9.94. The van der Waals surface area contributed by atoms with Crippen LogP contribution in [0.15, 0.2) is 10.7 Å². The number of hydrogen-bond acceptors (Lipinski definition) is 6. The number of aliphatic hydroxyl groups is 1. The lowest BCUT2D eigenvalue weighted by Gasteiger charge is -2.19. The van der Waals surface area contributed by atoms with Gasteiger partial charge in [0.15, 0.2) is 0 Å². The molecule has 0 bridgehead atoms. The van der Waals surface area contributed by atoms with Crippen LogP contribution in [0.25, 0.3) is 11.4 Å². The van der Waals surface area contributed by atoms with Crippen molar-refractivity contribution in [1.82, 2.24) is 20.4 Å². The SMILES string of the molecule is Cc1ncc2c(c1-c1noc(CC(C)(C)O)n1)CCNC2. The van der Waals surface area contributed by atoms with Gasteiger partial charge in [-0.1, -0.05) is 5.16 Å². The van der Waals surface area contributed by atoms with Crippen molar-refractivity contribution in [1.29, 1.82) is 0 Å². The van der Waals surface area contributed by atoms with Gasteiger partial charge in [0, 0.05) is 24.0 Å². The van der Waals surface area contributed by atoms with Crippen molar-refractivity contribution >= 4 is 0 Å². The van der Waals surface area contributed by atoms with E-state index in [1.54, 1.807) is 13.8 Å². The van der Waals surface area contributed by atoms with Crippen molar-refractivity contribution < 1.29 is 9.63 Å². The number of rotatable bonds is 3. The molecular weight excluding hydrogens is 268 g/mol. The molecule has 6 nitrogen and oxygen atoms in total. The van der Waals surface area contributed by atoms with Crippen LogP contribution in [0.2, 0.25) is 0 Å². The van der Waals surface area contributed by atoms with Gasteiger partial charge in [0.2, 0.25) is 11.7 Å². The predicted octanol–water partition coefficient (Wildman–Crippen LogP) is 1.40. The van der Waals surface area contributed by atoms with Gasteiger partial charge in [0.1, 0.15) is 0 Å². The second-order valence-electron chi connectivity index (χ2n) is 6.15. The monoisotopic (exact) mass is 288 g/mol. The average molecular weight is 288 g/mol. The van der Waals surface area contributed by atoms with Crippen LogP contribution in [0.4, 0.5) is 0 Å². The largest absolute Gasteiger partial charge is 0.390 e. The Morgan fingerprint density at radius 1 is 1.43 bits per heavy atom. The smallest absolute Gasteiger partial charge is 0.229 e. The van der Waals surface area contributed by atoms with Crippen LogP contribution in [0.1, 0.15) is 36.6 Å². The Labute approximate surface area is 123 Å². The molecule has 0 saturated carbocycles. The number of fused-ring (bicyclic) bond motifs is 1. The molecule has 2 N–H and O–H groups in total. The fourth-order valence-corrected chi connectivity index (χ4v) is 2.67. The summed E-state index contributed by atoms with van der Waals surface area (Å²) in [6, 6.07) is 0. The highest BCUT2D eigenvalue weighted by Crippen LogP contribution is 2.28. The van der Waals surface area contributed by atoms with Crippen LogP contribution < -0.4 is 5.32 Å². The first-order valence-electron chi connectivity index (χ1n) is 7.17. The molecule has 0 spiro atoms. The van der Waals surface area contributed by atoms with Crippen molar-refractivity contribution in [2.75, 3.05) is 6.54 Å². The lowest BCUT2D eigenvalue weighted by molar-refractivity contribution is 0.0718. The molecule has 1 aliphatic heterocycles. The minimum atomic E-state index is -0.864. The molecular formula is C15H20N4O2. The van der Waals surface area contributed by atoms with Crippen LogP contribution in [-0.2, 0) is 19.4 Å². The topological polar surface area (TPSA) is 84.1 Å². The number of nitrogens with one attached hydrogen (secondary N) is 1. The van der Waals surface area contributed by atoms with E-state index in [2.05, 4.69) is 20.4 Å². The third kappa shape index (κ3) is 2.96. The molecule has 0 atom stereocenters. The number of hydrogen-bond donors (Lipinski definition) is 2. The zero-order chi connectivity index (χ0) is 15.0. The molecule has 1 aliphatic rings. The summed E-state index contributed by atoms with van der Waals surface area (Å²) in [4.78, 5) is 8.88. The van der Waals surface area contributed by atoms with E-state index >= 15 is 0 Å². The van der Waals surface area contributed by atoms with Gasteiger partial charge in [-0.25, -0.2) is 0 Å². The summed E-state index contributed by atoms with van der Waals surface area (Å²) < 4.78 is 5.28. The maximum absolute atomic E-state index is 9.85. The standard InChI is InChI=1S/C15H20N4O2/c1-9-13(11-4-5-16-7-10(11)8-17-9)14-18-12(21-19-14)6-15(2,3)20/h8,16,20H,4-7H2,1-3H3. The maximum atomic E-state index is 9.85. The highest BCUT2D eigenvalue weighted by atomic mass is 16.5. The first kappa shape index (κ1) is 14.2. The highest BCUT2D eigenvalue weighted by Gasteiger charge is 2.23. The van der Waals surface area contributed by atoms with Gasteiger partial charge >= 0.3 is 0 Å². The van der Waals surface area contributed by atoms with Gasteiger partial charge in [-0.2, -0.15) is 4.98 Å². The zero-order valence-corrected chi connectivity index (χ0v) is 12.6. The second-order valence-corrected chi connectivity index (χ2v) is 6.15. The van der Waals surface area contributed by atoms with Gasteiger partial charge < -0.3 is 14.9 Å². The summed E-state index contributed by atoms with van der Waals surface area (Å²) in [5, 5.41) is 17.3. The van der Waals surface area contributed by atoms with Gasteiger partial charge in [0.05, 0.1) is 12.0 Å². The Morgan fingerprint density at radius 3 is 3.00 bits per heavy atom. The molecule has 0 radical (unpaired) electrons. The van der Waals surface area contributed by atoms with E-state index in [0.29, 0.717) is 18.1 Å². The van der Waals surface area contributed by atoms with E-state index in [1.165, 1.54) is 11.1 Å². The van der Waals surface area contributed by atoms with Crippen molar-refractivity contribution in [3.05, 3.63) is 28.9 Å². The van der Waals surface area contributed by atoms with E-state index in [1.807, 2.05) is 13.1 Å². The second kappa shape index (κ2) is 5.20. The maximum Gasteiger partial charge on any atom is 0.229 e. The Hall–Kier alpha value is -1.79. The van der Waals surface area contributed by atoms with Crippen molar-refractivity contribution in [3.8, 4) is 11.4 Å². The lowest BCUT2D eigenvalue weighted by atomic mass is 9.95. The quantitative estimate of drug-likeness (QED) is 0.888. The van der Waals surface area contributed by atoms with E-state index in [0.717, 1.165) is 30.8 Å². The number of nitrogens with zero attached hydrogens (tertiary/aromatic N) is 3. The van der Waals surface area contributed by atoms with Crippen LogP contribution in [-0.4, -0.2) is 32.4 Å². The summed E-state index contributed by atoms with van der Waals surface area (Å²) in [6.45, 7) is 7.17. The van der Waals surface area contributed by atoms with E-state index in [9.17, 15) is 5.11 Å². The fourth-order valence-electron chi connectivity index (χ4n) is 2.67. The van der Waals surface area contributed by atoms with E-state index in [-0.39, 0.29) is 0 Å². The normalized spacial score (nSPS) is 15.0. The van der Waals surface area contributed by atoms with E-state index in [4.69, 9.17) is 4.52 Å². The van der Waals surface area contributed by atoms with Gasteiger partial charge in [0.25, 0.3) is 0 Å². The molecule has 0 unspecified atom stereocenters. The average Bonchev–Trinajstić information content (AvgIpc) is 2.84. The number of pyridine rings is 1. The summed E-state index contributed by atoms with van der Waals surface area (Å²) in [5.74, 6) is 1.02. The molecule has 2 aromatic heterocycles. The summed E-state index contributed by atoms with van der Waals surface area (Å²) in [7, 11) is 0. The van der Waals surface area contributed by atoms with Crippen molar-refractivity contribution in [2.45, 2.75) is 45.8 Å². The molecule has 0 aliphatic carbocycles. The van der Waals surface area contributed by atoms with Crippen molar-refractivity contribution in [2.24, 2.45) is 0 Å². The molecule has 0 amide bonds. The third-order valence-electron chi connectivity index (χ3n) is 3.61. The van der Waals surface area contributed by atoms with Crippen LogP contribution >= 0.6 is 0 Å². The molecule has 21 heavy (non-hydrogen) atoms. The summed E-state index contributed by atoms with van der Waals surface area (Å²) in [6.07, 6.45) is 3.19. The zero-order valence-electron chi connectivity index (χ0n) is 12.6. The Balaban J connectivity index is 2.01. The molecule has 3 heterocycles. The summed E-state index contributed by atoms with van der Waals surface area (Å²) >= 11 is 0. The fraction of sp³-hybridized carbons (Fsp3) is 0.533. The lowest BCUT2D eigenvalue weighted by Crippen LogP contribution is -2.25. The minimum Gasteiger partial charge on any atom is -0.390 e. The van der Waals surface area contributed by atoms with Crippen LogP contribution in [0.5, 0.6) is 0 Å². The molecule has 112 valence electrons. The van der Waals surface area contributed by atoms with E-state index < -0.39 is 5.60 Å². The van der Waals surface area contributed by atoms with Crippen LogP contribution in [0, 0.1) is 6.92 Å².